The van der Waals surface area contributed by atoms with Crippen LogP contribution in [-0.2, 0) is 6.18 Å². The van der Waals surface area contributed by atoms with Crippen molar-refractivity contribution in [1.29, 1.82) is 0 Å². The van der Waals surface area contributed by atoms with Crippen molar-refractivity contribution in [3.63, 3.8) is 0 Å². The van der Waals surface area contributed by atoms with E-state index in [0.29, 0.717) is 0 Å². The standard InChI is InChI=1S/C11H8F3N3O/c12-11(13,14)7-3-1-2-6(4-7)8-5-16-9(15)10(18)17-8/h1-5H,(H2,15,16)(H,17,18). The van der Waals surface area contributed by atoms with Crippen LogP contribution in [-0.4, -0.2) is 9.97 Å². The van der Waals surface area contributed by atoms with E-state index in [4.69, 9.17) is 5.73 Å². The van der Waals surface area contributed by atoms with E-state index >= 15 is 0 Å². The van der Waals surface area contributed by atoms with E-state index in [1.54, 1.807) is 0 Å². The molecule has 4 nitrogen and oxygen atoms in total. The second kappa shape index (κ2) is 4.17. The fourth-order valence-electron chi connectivity index (χ4n) is 1.42. The van der Waals surface area contributed by atoms with E-state index in [2.05, 4.69) is 9.97 Å². The first-order valence-electron chi connectivity index (χ1n) is 4.90. The summed E-state index contributed by atoms with van der Waals surface area (Å²) < 4.78 is 37.6. The monoisotopic (exact) mass is 255 g/mol. The van der Waals surface area contributed by atoms with Crippen molar-refractivity contribution in [2.24, 2.45) is 0 Å². The summed E-state index contributed by atoms with van der Waals surface area (Å²) in [7, 11) is 0. The molecule has 1 aromatic carbocycles. The number of anilines is 1. The molecule has 7 heteroatoms. The Morgan fingerprint density at radius 1 is 1.28 bits per heavy atom. The van der Waals surface area contributed by atoms with Crippen LogP contribution in [0.5, 0.6) is 0 Å². The molecule has 0 fully saturated rings. The van der Waals surface area contributed by atoms with E-state index in [0.717, 1.165) is 12.1 Å². The van der Waals surface area contributed by atoms with Gasteiger partial charge in [0.25, 0.3) is 5.56 Å². The fourth-order valence-corrected chi connectivity index (χ4v) is 1.42. The van der Waals surface area contributed by atoms with E-state index < -0.39 is 17.3 Å². The molecule has 0 amide bonds. The van der Waals surface area contributed by atoms with Gasteiger partial charge in [0.05, 0.1) is 17.5 Å². The van der Waals surface area contributed by atoms with Gasteiger partial charge >= 0.3 is 6.18 Å². The topological polar surface area (TPSA) is 71.8 Å². The lowest BCUT2D eigenvalue weighted by Gasteiger charge is -2.08. The second-order valence-electron chi connectivity index (χ2n) is 3.59. The smallest absolute Gasteiger partial charge is 0.379 e. The van der Waals surface area contributed by atoms with Crippen LogP contribution < -0.4 is 11.3 Å². The molecule has 3 N–H and O–H groups in total. The number of nitrogens with zero attached hydrogens (tertiary/aromatic N) is 1. The highest BCUT2D eigenvalue weighted by Gasteiger charge is 2.30. The summed E-state index contributed by atoms with van der Waals surface area (Å²) in [6.07, 6.45) is -3.22. The minimum absolute atomic E-state index is 0.181. The lowest BCUT2D eigenvalue weighted by atomic mass is 10.1. The lowest BCUT2D eigenvalue weighted by Crippen LogP contribution is -2.14. The van der Waals surface area contributed by atoms with Crippen LogP contribution in [0.15, 0.2) is 35.3 Å². The fraction of sp³-hybridized carbons (Fsp3) is 0.0909. The Morgan fingerprint density at radius 2 is 2.00 bits per heavy atom. The normalized spacial score (nSPS) is 11.5. The summed E-state index contributed by atoms with van der Waals surface area (Å²) in [5.74, 6) is -0.231. The van der Waals surface area contributed by atoms with Gasteiger partial charge < -0.3 is 10.7 Å². The van der Waals surface area contributed by atoms with Crippen LogP contribution in [0.2, 0.25) is 0 Å². The first-order chi connectivity index (χ1) is 8.38. The second-order valence-corrected chi connectivity index (χ2v) is 3.59. The summed E-state index contributed by atoms with van der Waals surface area (Å²) >= 11 is 0. The van der Waals surface area contributed by atoms with E-state index in [1.165, 1.54) is 18.3 Å². The molecule has 1 aromatic heterocycles. The van der Waals surface area contributed by atoms with Gasteiger partial charge in [-0.05, 0) is 12.1 Å². The van der Waals surface area contributed by atoms with Crippen molar-refractivity contribution < 1.29 is 13.2 Å². The maximum atomic E-state index is 12.5. The zero-order valence-electron chi connectivity index (χ0n) is 8.95. The van der Waals surface area contributed by atoms with Crippen molar-refractivity contribution in [2.45, 2.75) is 6.18 Å². The van der Waals surface area contributed by atoms with Gasteiger partial charge in [0.1, 0.15) is 0 Å². The molecule has 0 unspecified atom stereocenters. The van der Waals surface area contributed by atoms with Gasteiger partial charge in [-0.1, -0.05) is 12.1 Å². The number of aromatic nitrogens is 2. The predicted molar refractivity (Wildman–Crippen MR) is 59.7 cm³/mol. The van der Waals surface area contributed by atoms with Crippen LogP contribution in [0, 0.1) is 0 Å². The number of benzene rings is 1. The Kier molecular flexibility index (Phi) is 2.82. The largest absolute Gasteiger partial charge is 0.416 e. The number of H-pyrrole nitrogens is 1. The van der Waals surface area contributed by atoms with E-state index in [-0.39, 0.29) is 17.1 Å². The number of alkyl halides is 3. The molecular weight excluding hydrogens is 247 g/mol. The van der Waals surface area contributed by atoms with Crippen molar-refractivity contribution in [1.82, 2.24) is 9.97 Å². The number of aromatic amines is 1. The van der Waals surface area contributed by atoms with Crippen LogP contribution in [0.4, 0.5) is 19.0 Å². The highest BCUT2D eigenvalue weighted by Crippen LogP contribution is 2.31. The SMILES string of the molecule is Nc1ncc(-c2cccc(C(F)(F)F)c2)[nH]c1=O. The molecule has 1 heterocycles. The maximum absolute atomic E-state index is 12.5. The number of hydrogen-bond acceptors (Lipinski definition) is 3. The van der Waals surface area contributed by atoms with E-state index in [9.17, 15) is 18.0 Å². The quantitative estimate of drug-likeness (QED) is 0.819. The van der Waals surface area contributed by atoms with Crippen LogP contribution in [0.3, 0.4) is 0 Å². The van der Waals surface area contributed by atoms with Crippen molar-refractivity contribution >= 4 is 5.82 Å². The molecule has 0 aliphatic rings. The van der Waals surface area contributed by atoms with Crippen molar-refractivity contribution in [3.05, 3.63) is 46.4 Å². The van der Waals surface area contributed by atoms with Gasteiger partial charge in [-0.2, -0.15) is 13.2 Å². The zero-order valence-corrected chi connectivity index (χ0v) is 8.95. The molecular formula is C11H8F3N3O. The number of hydrogen-bond donors (Lipinski definition) is 2. The van der Waals surface area contributed by atoms with Crippen molar-refractivity contribution in [3.8, 4) is 11.3 Å². The van der Waals surface area contributed by atoms with E-state index in [1.807, 2.05) is 0 Å². The number of halogens is 3. The average Bonchev–Trinajstić information content (AvgIpc) is 2.32. The molecule has 0 radical (unpaired) electrons. The minimum atomic E-state index is -4.43. The number of rotatable bonds is 1. The van der Waals surface area contributed by atoms with Gasteiger partial charge in [-0.15, -0.1) is 0 Å². The minimum Gasteiger partial charge on any atom is -0.379 e. The number of nitrogens with two attached hydrogens (primary N) is 1. The van der Waals surface area contributed by atoms with Gasteiger partial charge in [0.2, 0.25) is 0 Å². The molecule has 94 valence electrons. The third-order valence-corrected chi connectivity index (χ3v) is 2.31. The van der Waals surface area contributed by atoms with Crippen LogP contribution in [0.1, 0.15) is 5.56 Å². The van der Waals surface area contributed by atoms with Crippen LogP contribution >= 0.6 is 0 Å². The summed E-state index contributed by atoms with van der Waals surface area (Å²) in [6.45, 7) is 0. The molecule has 0 saturated carbocycles. The molecule has 2 rings (SSSR count). The summed E-state index contributed by atoms with van der Waals surface area (Å²) in [5, 5.41) is 0. The molecule has 0 saturated heterocycles. The molecule has 0 aliphatic carbocycles. The molecule has 18 heavy (non-hydrogen) atoms. The summed E-state index contributed by atoms with van der Waals surface area (Å²) in [4.78, 5) is 17.2. The van der Waals surface area contributed by atoms with Gasteiger partial charge in [-0.3, -0.25) is 4.79 Å². The average molecular weight is 255 g/mol. The Labute approximate surface area is 99.3 Å². The molecule has 2 aromatic rings. The van der Waals surface area contributed by atoms with Gasteiger partial charge in [0.15, 0.2) is 5.82 Å². The molecule has 0 spiro atoms. The number of nitrogen functional groups attached to an aromatic ring is 1. The van der Waals surface area contributed by atoms with Crippen molar-refractivity contribution in [2.75, 3.05) is 5.73 Å². The third-order valence-electron chi connectivity index (χ3n) is 2.31. The summed E-state index contributed by atoms with van der Waals surface area (Å²) in [6, 6.07) is 4.58. The zero-order chi connectivity index (χ0) is 13.3. The predicted octanol–water partition coefficient (Wildman–Crippen LogP) is 2.04. The first kappa shape index (κ1) is 12.2. The highest BCUT2D eigenvalue weighted by atomic mass is 19.4. The molecule has 0 atom stereocenters. The van der Waals surface area contributed by atoms with Gasteiger partial charge in [0, 0.05) is 5.56 Å². The van der Waals surface area contributed by atoms with Crippen LogP contribution in [0.25, 0.3) is 11.3 Å². The summed E-state index contributed by atoms with van der Waals surface area (Å²) in [5.41, 5.74) is 4.20. The third kappa shape index (κ3) is 2.34. The molecule has 0 bridgehead atoms. The lowest BCUT2D eigenvalue weighted by molar-refractivity contribution is -0.137. The maximum Gasteiger partial charge on any atom is 0.416 e. The number of nitrogens with one attached hydrogen (secondary N) is 1. The Bertz CT molecular complexity index is 634. The highest BCUT2D eigenvalue weighted by molar-refractivity contribution is 5.59. The molecule has 0 aliphatic heterocycles. The Balaban J connectivity index is 2.51. The first-order valence-corrected chi connectivity index (χ1v) is 4.90. The Morgan fingerprint density at radius 3 is 2.61 bits per heavy atom. The van der Waals surface area contributed by atoms with Gasteiger partial charge in [-0.25, -0.2) is 4.98 Å². The Hall–Kier alpha value is -2.31.